The van der Waals surface area contributed by atoms with Crippen molar-refractivity contribution in [3.05, 3.63) is 30.2 Å². The van der Waals surface area contributed by atoms with Crippen molar-refractivity contribution in [3.8, 4) is 5.88 Å². The molecular formula is C21H26N6O6. The third-order valence-corrected chi connectivity index (χ3v) is 5.25. The molecule has 0 radical (unpaired) electrons. The lowest BCUT2D eigenvalue weighted by atomic mass is 10.2. The fourth-order valence-electron chi connectivity index (χ4n) is 3.77. The summed E-state index contributed by atoms with van der Waals surface area (Å²) in [5.74, 6) is -1.50. The van der Waals surface area contributed by atoms with Gasteiger partial charge in [-0.1, -0.05) is 0 Å². The first kappa shape index (κ1) is 22.7. The van der Waals surface area contributed by atoms with Crippen LogP contribution in [0.15, 0.2) is 24.5 Å². The van der Waals surface area contributed by atoms with Crippen LogP contribution < -0.4 is 19.9 Å². The summed E-state index contributed by atoms with van der Waals surface area (Å²) in [5, 5.41) is 21.5. The number of carbonyl (C=O) groups is 2. The summed E-state index contributed by atoms with van der Waals surface area (Å²) >= 11 is 0. The second-order valence-electron chi connectivity index (χ2n) is 8.27. The summed E-state index contributed by atoms with van der Waals surface area (Å²) < 4.78 is 10.7. The van der Waals surface area contributed by atoms with E-state index in [1.165, 1.54) is 23.4 Å². The number of pyridine rings is 1. The minimum Gasteiger partial charge on any atom is -0.477 e. The summed E-state index contributed by atoms with van der Waals surface area (Å²) in [7, 11) is 0. The standard InChI is InChI=1S/C21H26N6O6/c1-21(2,31)33-9-3-8-32-17-11-22-16(10-23-17)25-20(30)27-13-6-7-26(12-13)15-5-4-14(19(28)29)24-18(15)27/h4-5,10-11,13,31H,3,6-9,12H2,1-2H3,(H,28,29)(H,22,25,30). The number of hydrogen-bond acceptors (Lipinski definition) is 9. The van der Waals surface area contributed by atoms with Gasteiger partial charge in [-0.2, -0.15) is 0 Å². The first-order valence-electron chi connectivity index (χ1n) is 10.6. The highest BCUT2D eigenvalue weighted by molar-refractivity contribution is 6.04. The molecule has 1 atom stereocenters. The number of nitrogens with one attached hydrogen (secondary N) is 1. The van der Waals surface area contributed by atoms with Gasteiger partial charge < -0.3 is 24.6 Å². The van der Waals surface area contributed by atoms with E-state index in [1.807, 2.05) is 0 Å². The third kappa shape index (κ3) is 5.29. The highest BCUT2D eigenvalue weighted by Crippen LogP contribution is 2.39. The van der Waals surface area contributed by atoms with Crippen LogP contribution in [0.3, 0.4) is 0 Å². The van der Waals surface area contributed by atoms with E-state index in [4.69, 9.17) is 9.47 Å². The van der Waals surface area contributed by atoms with Crippen molar-refractivity contribution in [2.45, 2.75) is 38.5 Å². The van der Waals surface area contributed by atoms with Gasteiger partial charge in [-0.3, -0.25) is 10.2 Å². The number of hydrogen-bond donors (Lipinski definition) is 3. The minimum atomic E-state index is -1.18. The van der Waals surface area contributed by atoms with Gasteiger partial charge in [0.05, 0.1) is 37.3 Å². The number of aliphatic hydroxyl groups is 1. The van der Waals surface area contributed by atoms with Crippen LogP contribution in [0.5, 0.6) is 5.88 Å². The van der Waals surface area contributed by atoms with E-state index >= 15 is 0 Å². The summed E-state index contributed by atoms with van der Waals surface area (Å²) in [5.41, 5.74) is 0.607. The number of carboxylic acid groups (broad SMARTS) is 1. The van der Waals surface area contributed by atoms with Crippen LogP contribution in [0.2, 0.25) is 0 Å². The average Bonchev–Trinajstić information content (AvgIpc) is 3.17. The third-order valence-electron chi connectivity index (χ3n) is 5.25. The Balaban J connectivity index is 1.39. The van der Waals surface area contributed by atoms with Crippen LogP contribution in [0, 0.1) is 0 Å². The molecule has 0 aliphatic carbocycles. The van der Waals surface area contributed by atoms with Crippen molar-refractivity contribution in [3.63, 3.8) is 0 Å². The number of nitrogens with zero attached hydrogens (tertiary/aromatic N) is 5. The zero-order valence-corrected chi connectivity index (χ0v) is 18.4. The molecule has 2 aliphatic rings. The summed E-state index contributed by atoms with van der Waals surface area (Å²) in [6.45, 7) is 5.19. The van der Waals surface area contributed by atoms with Gasteiger partial charge in [0.1, 0.15) is 0 Å². The SMILES string of the molecule is CC(C)(O)OCCCOc1cnc(NC(=O)N2c3nc(C(=O)O)ccc3N3CCC2C3)cn1. The van der Waals surface area contributed by atoms with E-state index in [-0.39, 0.29) is 17.6 Å². The van der Waals surface area contributed by atoms with Crippen molar-refractivity contribution >= 4 is 29.3 Å². The van der Waals surface area contributed by atoms with Crippen LogP contribution in [0.4, 0.5) is 22.1 Å². The van der Waals surface area contributed by atoms with Crippen molar-refractivity contribution in [2.75, 3.05) is 41.4 Å². The Morgan fingerprint density at radius 2 is 2.06 bits per heavy atom. The van der Waals surface area contributed by atoms with Crippen LogP contribution in [0.1, 0.15) is 37.2 Å². The minimum absolute atomic E-state index is 0.115. The van der Waals surface area contributed by atoms with Gasteiger partial charge in [0.2, 0.25) is 5.88 Å². The number of aromatic carboxylic acids is 1. The lowest BCUT2D eigenvalue weighted by Gasteiger charge is -2.35. The zero-order valence-electron chi connectivity index (χ0n) is 18.4. The predicted octanol–water partition coefficient (Wildman–Crippen LogP) is 1.71. The predicted molar refractivity (Wildman–Crippen MR) is 118 cm³/mol. The molecule has 2 bridgehead atoms. The summed E-state index contributed by atoms with van der Waals surface area (Å²) in [6, 6.07) is 2.56. The van der Waals surface area contributed by atoms with E-state index in [0.29, 0.717) is 37.9 Å². The number of rotatable bonds is 8. The molecule has 3 N–H and O–H groups in total. The lowest BCUT2D eigenvalue weighted by molar-refractivity contribution is -0.176. The van der Waals surface area contributed by atoms with E-state index in [9.17, 15) is 19.8 Å². The molecule has 2 amide bonds. The Hall–Kier alpha value is -3.51. The fourth-order valence-corrected chi connectivity index (χ4v) is 3.77. The molecule has 1 fully saturated rings. The molecule has 176 valence electrons. The van der Waals surface area contributed by atoms with Crippen LogP contribution >= 0.6 is 0 Å². The van der Waals surface area contributed by atoms with Crippen molar-refractivity contribution in [1.82, 2.24) is 15.0 Å². The maximum absolute atomic E-state index is 13.1. The normalized spacial score (nSPS) is 17.0. The van der Waals surface area contributed by atoms with Crippen molar-refractivity contribution in [2.24, 2.45) is 0 Å². The molecule has 0 aromatic carbocycles. The van der Waals surface area contributed by atoms with Crippen LogP contribution in [0.25, 0.3) is 0 Å². The number of aromatic nitrogens is 3. The van der Waals surface area contributed by atoms with Gasteiger partial charge in [-0.15, -0.1) is 0 Å². The Bertz CT molecular complexity index is 1020. The molecule has 2 aliphatic heterocycles. The second kappa shape index (κ2) is 9.16. The number of fused-ring (bicyclic) bond motifs is 4. The molecule has 1 unspecified atom stereocenters. The molecule has 0 spiro atoms. The first-order valence-corrected chi connectivity index (χ1v) is 10.6. The van der Waals surface area contributed by atoms with Crippen LogP contribution in [-0.2, 0) is 4.74 Å². The van der Waals surface area contributed by atoms with Crippen molar-refractivity contribution < 1.29 is 29.3 Å². The number of carboxylic acids is 1. The van der Waals surface area contributed by atoms with Crippen molar-refractivity contribution in [1.29, 1.82) is 0 Å². The average molecular weight is 458 g/mol. The molecule has 4 rings (SSSR count). The maximum atomic E-state index is 13.1. The number of ether oxygens (including phenoxy) is 2. The quantitative estimate of drug-likeness (QED) is 0.394. The lowest BCUT2D eigenvalue weighted by Crippen LogP contribution is -2.48. The largest absolute Gasteiger partial charge is 0.477 e. The van der Waals surface area contributed by atoms with Gasteiger partial charge in [-0.05, 0) is 32.4 Å². The topological polar surface area (TPSA) is 150 Å². The maximum Gasteiger partial charge on any atom is 0.354 e. The van der Waals surface area contributed by atoms with E-state index in [0.717, 1.165) is 18.7 Å². The molecular weight excluding hydrogens is 432 g/mol. The van der Waals surface area contributed by atoms with E-state index < -0.39 is 17.8 Å². The Kier molecular flexibility index (Phi) is 6.29. The summed E-state index contributed by atoms with van der Waals surface area (Å²) in [6.07, 6.45) is 4.09. The zero-order chi connectivity index (χ0) is 23.6. The van der Waals surface area contributed by atoms with Gasteiger partial charge in [-0.25, -0.2) is 24.5 Å². The van der Waals surface area contributed by atoms with Gasteiger partial charge in [0.15, 0.2) is 23.1 Å². The number of carbonyl (C=O) groups excluding carboxylic acids is 1. The summed E-state index contributed by atoms with van der Waals surface area (Å²) in [4.78, 5) is 40.6. The molecule has 0 saturated carbocycles. The smallest absolute Gasteiger partial charge is 0.354 e. The molecule has 12 heteroatoms. The Labute approximate surface area is 190 Å². The molecule has 1 saturated heterocycles. The van der Waals surface area contributed by atoms with E-state index in [1.54, 1.807) is 19.9 Å². The van der Waals surface area contributed by atoms with Crippen LogP contribution in [-0.4, -0.2) is 75.3 Å². The Morgan fingerprint density at radius 1 is 1.24 bits per heavy atom. The highest BCUT2D eigenvalue weighted by atomic mass is 16.6. The first-order chi connectivity index (χ1) is 15.7. The second-order valence-corrected chi connectivity index (χ2v) is 8.27. The number of amides is 2. The van der Waals surface area contributed by atoms with E-state index in [2.05, 4.69) is 25.2 Å². The number of anilines is 3. The highest BCUT2D eigenvalue weighted by Gasteiger charge is 2.40. The Morgan fingerprint density at radius 3 is 2.76 bits per heavy atom. The molecule has 33 heavy (non-hydrogen) atoms. The van der Waals surface area contributed by atoms with Gasteiger partial charge in [0.25, 0.3) is 0 Å². The van der Waals surface area contributed by atoms with Gasteiger partial charge >= 0.3 is 12.0 Å². The van der Waals surface area contributed by atoms with Gasteiger partial charge in [0, 0.05) is 19.5 Å². The number of urea groups is 1. The fraction of sp³-hybridized carbons (Fsp3) is 0.476. The molecule has 2 aromatic heterocycles. The molecule has 12 nitrogen and oxygen atoms in total. The molecule has 4 heterocycles. The monoisotopic (exact) mass is 458 g/mol. The molecule has 2 aromatic rings.